The summed E-state index contributed by atoms with van der Waals surface area (Å²) in [7, 11) is 0. The molecule has 1 fully saturated rings. The van der Waals surface area contributed by atoms with Gasteiger partial charge in [0, 0.05) is 37.1 Å². The normalized spacial score (nSPS) is 19.1. The minimum absolute atomic E-state index is 0.0126. The smallest absolute Gasteiger partial charge is 0.272 e. The Morgan fingerprint density at radius 2 is 2.30 bits per heavy atom. The van der Waals surface area contributed by atoms with E-state index in [1.165, 1.54) is 0 Å². The molecule has 0 bridgehead atoms. The lowest BCUT2D eigenvalue weighted by Gasteiger charge is -2.31. The van der Waals surface area contributed by atoms with E-state index in [4.69, 9.17) is 0 Å². The summed E-state index contributed by atoms with van der Waals surface area (Å²) in [6, 6.07) is 5.43. The van der Waals surface area contributed by atoms with Crippen molar-refractivity contribution in [3.8, 4) is 0 Å². The SMILES string of the molecule is Cc1cnc([C@H]2CCCN(C(=O)c3ccccn3)C2)[nH]1. The Hall–Kier alpha value is -2.17. The Morgan fingerprint density at radius 1 is 1.40 bits per heavy atom. The molecule has 2 aromatic rings. The molecule has 0 spiro atoms. The first-order valence-electron chi connectivity index (χ1n) is 6.96. The van der Waals surface area contributed by atoms with Crippen molar-refractivity contribution in [1.29, 1.82) is 0 Å². The Balaban J connectivity index is 1.74. The molecule has 1 aliphatic heterocycles. The van der Waals surface area contributed by atoms with Gasteiger partial charge in [-0.2, -0.15) is 0 Å². The van der Waals surface area contributed by atoms with E-state index in [9.17, 15) is 4.79 Å². The highest BCUT2D eigenvalue weighted by molar-refractivity contribution is 5.92. The van der Waals surface area contributed by atoms with Crippen molar-refractivity contribution in [2.45, 2.75) is 25.7 Å². The molecule has 20 heavy (non-hydrogen) atoms. The Kier molecular flexibility index (Phi) is 3.50. The number of nitrogens with one attached hydrogen (secondary N) is 1. The van der Waals surface area contributed by atoms with Gasteiger partial charge in [0.15, 0.2) is 0 Å². The molecule has 3 heterocycles. The van der Waals surface area contributed by atoms with Crippen molar-refractivity contribution in [3.63, 3.8) is 0 Å². The third-order valence-electron chi connectivity index (χ3n) is 3.70. The van der Waals surface area contributed by atoms with Crippen LogP contribution in [0.15, 0.2) is 30.6 Å². The highest BCUT2D eigenvalue weighted by Crippen LogP contribution is 2.25. The number of hydrogen-bond donors (Lipinski definition) is 1. The van der Waals surface area contributed by atoms with Gasteiger partial charge >= 0.3 is 0 Å². The van der Waals surface area contributed by atoms with Crippen LogP contribution in [0.5, 0.6) is 0 Å². The van der Waals surface area contributed by atoms with E-state index in [-0.39, 0.29) is 5.91 Å². The summed E-state index contributed by atoms with van der Waals surface area (Å²) in [5.41, 5.74) is 1.58. The number of rotatable bonds is 2. The highest BCUT2D eigenvalue weighted by Gasteiger charge is 2.27. The zero-order valence-electron chi connectivity index (χ0n) is 11.5. The largest absolute Gasteiger partial charge is 0.346 e. The maximum Gasteiger partial charge on any atom is 0.272 e. The predicted octanol–water partition coefficient (Wildman–Crippen LogP) is 2.13. The molecule has 0 saturated carbocycles. The third kappa shape index (κ3) is 2.57. The Bertz CT molecular complexity index is 593. The number of aromatic amines is 1. The molecule has 104 valence electrons. The van der Waals surface area contributed by atoms with E-state index in [2.05, 4.69) is 15.0 Å². The van der Waals surface area contributed by atoms with E-state index in [0.29, 0.717) is 18.2 Å². The number of carbonyl (C=O) groups is 1. The summed E-state index contributed by atoms with van der Waals surface area (Å²) in [6.45, 7) is 3.50. The Morgan fingerprint density at radius 3 is 3.00 bits per heavy atom. The van der Waals surface area contributed by atoms with Gasteiger partial charge in [0.05, 0.1) is 0 Å². The Labute approximate surface area is 118 Å². The van der Waals surface area contributed by atoms with Crippen LogP contribution in [0, 0.1) is 6.92 Å². The fraction of sp³-hybridized carbons (Fsp3) is 0.400. The fourth-order valence-electron chi connectivity index (χ4n) is 2.68. The van der Waals surface area contributed by atoms with Crippen LogP contribution in [-0.2, 0) is 0 Å². The molecule has 1 atom stereocenters. The molecule has 0 unspecified atom stereocenters. The first-order valence-corrected chi connectivity index (χ1v) is 6.96. The number of hydrogen-bond acceptors (Lipinski definition) is 3. The average Bonchev–Trinajstić information content (AvgIpc) is 2.94. The molecule has 1 aliphatic rings. The maximum atomic E-state index is 12.4. The van der Waals surface area contributed by atoms with E-state index in [1.807, 2.05) is 30.2 Å². The minimum atomic E-state index is 0.0126. The van der Waals surface area contributed by atoms with Gasteiger partial charge in [-0.05, 0) is 31.9 Å². The van der Waals surface area contributed by atoms with Gasteiger partial charge in [0.25, 0.3) is 5.91 Å². The zero-order valence-corrected chi connectivity index (χ0v) is 11.5. The van der Waals surface area contributed by atoms with Crippen LogP contribution < -0.4 is 0 Å². The van der Waals surface area contributed by atoms with Crippen LogP contribution in [-0.4, -0.2) is 38.8 Å². The van der Waals surface area contributed by atoms with Gasteiger partial charge in [0.1, 0.15) is 11.5 Å². The maximum absolute atomic E-state index is 12.4. The number of aryl methyl sites for hydroxylation is 1. The molecule has 5 heteroatoms. The van der Waals surface area contributed by atoms with Gasteiger partial charge in [-0.1, -0.05) is 6.07 Å². The van der Waals surface area contributed by atoms with Crippen LogP contribution in [0.3, 0.4) is 0 Å². The molecule has 0 aliphatic carbocycles. The summed E-state index contributed by atoms with van der Waals surface area (Å²) in [5, 5.41) is 0. The quantitative estimate of drug-likeness (QED) is 0.909. The molecule has 3 rings (SSSR count). The first-order chi connectivity index (χ1) is 9.74. The first kappa shape index (κ1) is 12.8. The molecule has 1 saturated heterocycles. The number of amides is 1. The molecular formula is C15H18N4O. The van der Waals surface area contributed by atoms with Crippen LogP contribution in [0.25, 0.3) is 0 Å². The summed E-state index contributed by atoms with van der Waals surface area (Å²) < 4.78 is 0. The molecule has 0 radical (unpaired) electrons. The molecule has 5 nitrogen and oxygen atoms in total. The third-order valence-corrected chi connectivity index (χ3v) is 3.70. The van der Waals surface area contributed by atoms with Crippen molar-refractivity contribution in [1.82, 2.24) is 19.9 Å². The van der Waals surface area contributed by atoms with Crippen molar-refractivity contribution in [3.05, 3.63) is 47.8 Å². The summed E-state index contributed by atoms with van der Waals surface area (Å²) in [5.74, 6) is 1.30. The van der Waals surface area contributed by atoms with Crippen molar-refractivity contribution >= 4 is 5.91 Å². The minimum Gasteiger partial charge on any atom is -0.346 e. The van der Waals surface area contributed by atoms with Crippen LogP contribution in [0.1, 0.15) is 40.8 Å². The second-order valence-electron chi connectivity index (χ2n) is 5.26. The lowest BCUT2D eigenvalue weighted by Crippen LogP contribution is -2.39. The topological polar surface area (TPSA) is 61.9 Å². The van der Waals surface area contributed by atoms with E-state index in [1.54, 1.807) is 12.3 Å². The van der Waals surface area contributed by atoms with Gasteiger partial charge in [0.2, 0.25) is 0 Å². The van der Waals surface area contributed by atoms with Crippen molar-refractivity contribution in [2.24, 2.45) is 0 Å². The number of aromatic nitrogens is 3. The average molecular weight is 270 g/mol. The van der Waals surface area contributed by atoms with Crippen molar-refractivity contribution < 1.29 is 4.79 Å². The summed E-state index contributed by atoms with van der Waals surface area (Å²) in [4.78, 5) is 26.1. The number of piperidine rings is 1. The van der Waals surface area contributed by atoms with Crippen molar-refractivity contribution in [2.75, 3.05) is 13.1 Å². The van der Waals surface area contributed by atoms with Gasteiger partial charge in [-0.15, -0.1) is 0 Å². The van der Waals surface area contributed by atoms with Crippen LogP contribution >= 0.6 is 0 Å². The molecular weight excluding hydrogens is 252 g/mol. The standard InChI is InChI=1S/C15H18N4O/c1-11-9-17-14(18-11)12-5-4-8-19(10-12)15(20)13-6-2-3-7-16-13/h2-3,6-7,9,12H,4-5,8,10H2,1H3,(H,17,18)/t12-/m0/s1. The highest BCUT2D eigenvalue weighted by atomic mass is 16.2. The summed E-state index contributed by atoms with van der Waals surface area (Å²) in [6.07, 6.45) is 5.57. The van der Waals surface area contributed by atoms with E-state index >= 15 is 0 Å². The number of H-pyrrole nitrogens is 1. The zero-order chi connectivity index (χ0) is 13.9. The van der Waals surface area contributed by atoms with Gasteiger partial charge in [-0.3, -0.25) is 9.78 Å². The lowest BCUT2D eigenvalue weighted by molar-refractivity contribution is 0.0699. The molecule has 2 aromatic heterocycles. The second kappa shape index (κ2) is 5.45. The molecule has 0 aromatic carbocycles. The lowest BCUT2D eigenvalue weighted by atomic mass is 9.97. The molecule has 1 N–H and O–H groups in total. The number of nitrogens with zero attached hydrogens (tertiary/aromatic N) is 3. The molecule has 1 amide bonds. The fourth-order valence-corrected chi connectivity index (χ4v) is 2.68. The number of likely N-dealkylation sites (tertiary alicyclic amines) is 1. The van der Waals surface area contributed by atoms with Crippen LogP contribution in [0.2, 0.25) is 0 Å². The monoisotopic (exact) mass is 270 g/mol. The van der Waals surface area contributed by atoms with E-state index in [0.717, 1.165) is 30.9 Å². The summed E-state index contributed by atoms with van der Waals surface area (Å²) >= 11 is 0. The second-order valence-corrected chi connectivity index (χ2v) is 5.26. The number of imidazole rings is 1. The van der Waals surface area contributed by atoms with Gasteiger partial charge < -0.3 is 9.88 Å². The number of pyridine rings is 1. The number of carbonyl (C=O) groups excluding carboxylic acids is 1. The van der Waals surface area contributed by atoms with Gasteiger partial charge in [-0.25, -0.2) is 4.98 Å². The van der Waals surface area contributed by atoms with Crippen LogP contribution in [0.4, 0.5) is 0 Å². The van der Waals surface area contributed by atoms with E-state index < -0.39 is 0 Å². The predicted molar refractivity (Wildman–Crippen MR) is 75.4 cm³/mol.